The molecule has 0 amide bonds. The van der Waals surface area contributed by atoms with E-state index in [4.69, 9.17) is 19.9 Å². The van der Waals surface area contributed by atoms with Gasteiger partial charge in [0.2, 0.25) is 5.95 Å². The zero-order chi connectivity index (χ0) is 24.9. The summed E-state index contributed by atoms with van der Waals surface area (Å²) < 4.78 is 44.3. The second kappa shape index (κ2) is 10.4. The Labute approximate surface area is 202 Å². The van der Waals surface area contributed by atoms with Crippen LogP contribution in [0.15, 0.2) is 30.6 Å². The van der Waals surface area contributed by atoms with Crippen molar-refractivity contribution < 1.29 is 23.0 Å². The largest absolute Gasteiger partial charge is 0.493 e. The molecule has 35 heavy (non-hydrogen) atoms. The van der Waals surface area contributed by atoms with Gasteiger partial charge in [0.15, 0.2) is 23.1 Å². The van der Waals surface area contributed by atoms with E-state index in [2.05, 4.69) is 38.1 Å². The van der Waals surface area contributed by atoms with E-state index in [1.165, 1.54) is 26.6 Å². The highest BCUT2D eigenvalue weighted by atomic mass is 19.1. The molecule has 4 rings (SSSR count). The van der Waals surface area contributed by atoms with Gasteiger partial charge in [0.05, 0.1) is 44.4 Å². The molecule has 1 aromatic heterocycles. The molecule has 2 aromatic carbocycles. The van der Waals surface area contributed by atoms with Crippen molar-refractivity contribution in [2.24, 2.45) is 0 Å². The number of halogens is 2. The molecule has 0 spiro atoms. The molecule has 182 valence electrons. The van der Waals surface area contributed by atoms with Crippen LogP contribution in [0, 0.1) is 30.4 Å². The second-order valence-electron chi connectivity index (χ2n) is 7.78. The first-order chi connectivity index (χ1) is 16.9. The van der Waals surface area contributed by atoms with Crippen molar-refractivity contribution in [2.45, 2.75) is 6.92 Å². The zero-order valence-electron chi connectivity index (χ0n) is 19.6. The number of ether oxygens (including phenoxy) is 3. The number of nitrogens with zero attached hydrogens (tertiary/aromatic N) is 3. The van der Waals surface area contributed by atoms with Crippen LogP contribution in [0.5, 0.6) is 11.5 Å². The SMILES string of the molecule is COc1cc(OC)c(F)c(C#Cc2cnc(Nc3c(C)cc(N4CCOCC4)cc3N)nc2)c1F. The van der Waals surface area contributed by atoms with E-state index >= 15 is 0 Å². The Morgan fingerprint density at radius 1 is 1.00 bits per heavy atom. The third kappa shape index (κ3) is 5.20. The van der Waals surface area contributed by atoms with Crippen LogP contribution in [-0.2, 0) is 4.74 Å². The van der Waals surface area contributed by atoms with Crippen molar-refractivity contribution >= 4 is 23.0 Å². The lowest BCUT2D eigenvalue weighted by molar-refractivity contribution is 0.122. The van der Waals surface area contributed by atoms with Crippen molar-refractivity contribution in [1.82, 2.24) is 9.97 Å². The minimum absolute atomic E-state index is 0.170. The van der Waals surface area contributed by atoms with Gasteiger partial charge in [-0.25, -0.2) is 18.7 Å². The van der Waals surface area contributed by atoms with Gasteiger partial charge in [-0.3, -0.25) is 0 Å². The number of hydrogen-bond donors (Lipinski definition) is 2. The first-order valence-corrected chi connectivity index (χ1v) is 10.8. The Morgan fingerprint density at radius 2 is 1.63 bits per heavy atom. The summed E-state index contributed by atoms with van der Waals surface area (Å²) in [5.41, 5.74) is 9.45. The summed E-state index contributed by atoms with van der Waals surface area (Å²) >= 11 is 0. The minimum Gasteiger partial charge on any atom is -0.493 e. The number of anilines is 4. The van der Waals surface area contributed by atoms with E-state index in [1.54, 1.807) is 0 Å². The molecule has 1 aliphatic heterocycles. The van der Waals surface area contributed by atoms with E-state index in [-0.39, 0.29) is 11.5 Å². The normalized spacial score (nSPS) is 13.1. The third-order valence-corrected chi connectivity index (χ3v) is 5.52. The standard InChI is InChI=1S/C25H25F2N5O3/c1-15-10-17(32-6-8-35-9-7-32)11-19(28)24(15)31-25-29-13-16(14-30-25)4-5-18-22(26)20(33-2)12-21(34-3)23(18)27/h10-14H,6-9,28H2,1-3H3,(H,29,30,31). The Bertz CT molecular complexity index is 1230. The van der Waals surface area contributed by atoms with Gasteiger partial charge in [0, 0.05) is 37.2 Å². The summed E-state index contributed by atoms with van der Waals surface area (Å²) in [5.74, 6) is 3.29. The van der Waals surface area contributed by atoms with E-state index in [0.717, 1.165) is 30.4 Å². The molecule has 1 fully saturated rings. The van der Waals surface area contributed by atoms with Crippen molar-refractivity contribution in [3.05, 3.63) is 58.9 Å². The van der Waals surface area contributed by atoms with Crippen LogP contribution in [0.3, 0.4) is 0 Å². The topological polar surface area (TPSA) is 94.8 Å². The lowest BCUT2D eigenvalue weighted by atomic mass is 10.1. The summed E-state index contributed by atoms with van der Waals surface area (Å²) in [6.45, 7) is 4.95. The Hall–Kier alpha value is -4.10. The number of aromatic nitrogens is 2. The fraction of sp³-hybridized carbons (Fsp3) is 0.280. The molecule has 1 saturated heterocycles. The monoisotopic (exact) mass is 481 g/mol. The molecule has 1 aliphatic rings. The maximum Gasteiger partial charge on any atom is 0.227 e. The van der Waals surface area contributed by atoms with E-state index in [0.29, 0.717) is 36.1 Å². The molecule has 8 nitrogen and oxygen atoms in total. The van der Waals surface area contributed by atoms with Gasteiger partial charge >= 0.3 is 0 Å². The smallest absolute Gasteiger partial charge is 0.227 e. The van der Waals surface area contributed by atoms with E-state index in [1.807, 2.05) is 13.0 Å². The molecule has 0 atom stereocenters. The number of aryl methyl sites for hydroxylation is 1. The van der Waals surface area contributed by atoms with Crippen molar-refractivity contribution in [3.63, 3.8) is 0 Å². The van der Waals surface area contributed by atoms with Gasteiger partial charge in [0.1, 0.15) is 5.56 Å². The quantitative estimate of drug-likeness (QED) is 0.421. The maximum atomic E-state index is 14.5. The summed E-state index contributed by atoms with van der Waals surface area (Å²) in [7, 11) is 2.55. The van der Waals surface area contributed by atoms with Gasteiger partial charge < -0.3 is 30.2 Å². The predicted octanol–water partition coefficient (Wildman–Crippen LogP) is 3.64. The summed E-state index contributed by atoms with van der Waals surface area (Å²) in [6, 6.07) is 5.09. The van der Waals surface area contributed by atoms with Crippen LogP contribution in [-0.4, -0.2) is 50.5 Å². The van der Waals surface area contributed by atoms with Crippen LogP contribution in [0.25, 0.3) is 0 Å². The average molecular weight is 482 g/mol. The zero-order valence-corrected chi connectivity index (χ0v) is 19.6. The van der Waals surface area contributed by atoms with Crippen LogP contribution >= 0.6 is 0 Å². The van der Waals surface area contributed by atoms with E-state index in [9.17, 15) is 8.78 Å². The minimum atomic E-state index is -0.913. The van der Waals surface area contributed by atoms with Crippen LogP contribution in [0.2, 0.25) is 0 Å². The lowest BCUT2D eigenvalue weighted by Crippen LogP contribution is -2.36. The fourth-order valence-electron chi connectivity index (χ4n) is 3.67. The Balaban J connectivity index is 1.53. The Kier molecular flexibility index (Phi) is 7.17. The maximum absolute atomic E-state index is 14.5. The van der Waals surface area contributed by atoms with E-state index < -0.39 is 17.2 Å². The number of hydrogen-bond acceptors (Lipinski definition) is 8. The number of rotatable bonds is 5. The molecule has 3 N–H and O–H groups in total. The Morgan fingerprint density at radius 3 is 2.20 bits per heavy atom. The van der Waals surface area contributed by atoms with Crippen molar-refractivity contribution in [1.29, 1.82) is 0 Å². The molecule has 0 saturated carbocycles. The lowest BCUT2D eigenvalue weighted by Gasteiger charge is -2.29. The van der Waals surface area contributed by atoms with Crippen LogP contribution < -0.4 is 25.4 Å². The van der Waals surface area contributed by atoms with Crippen molar-refractivity contribution in [2.75, 3.05) is 56.5 Å². The summed E-state index contributed by atoms with van der Waals surface area (Å²) in [5, 5.41) is 3.13. The van der Waals surface area contributed by atoms with Gasteiger partial charge in [0.25, 0.3) is 0 Å². The third-order valence-electron chi connectivity index (χ3n) is 5.52. The first-order valence-electron chi connectivity index (χ1n) is 10.8. The van der Waals surface area contributed by atoms with Crippen molar-refractivity contribution in [3.8, 4) is 23.3 Å². The molecule has 0 unspecified atom stereocenters. The molecular formula is C25H25F2N5O3. The predicted molar refractivity (Wildman–Crippen MR) is 129 cm³/mol. The number of benzene rings is 2. The molecule has 3 aromatic rings. The number of nitrogens with two attached hydrogens (primary N) is 1. The summed E-state index contributed by atoms with van der Waals surface area (Å²) in [4.78, 5) is 10.7. The highest BCUT2D eigenvalue weighted by molar-refractivity contribution is 5.78. The number of nitrogen functional groups attached to an aromatic ring is 1. The number of nitrogens with one attached hydrogen (secondary N) is 1. The fourth-order valence-corrected chi connectivity index (χ4v) is 3.67. The first kappa shape index (κ1) is 24.0. The van der Waals surface area contributed by atoms with Gasteiger partial charge in [-0.05, 0) is 24.6 Å². The summed E-state index contributed by atoms with van der Waals surface area (Å²) in [6.07, 6.45) is 2.90. The van der Waals surface area contributed by atoms with Crippen LogP contribution in [0.4, 0.5) is 31.8 Å². The van der Waals surface area contributed by atoms with Crippen LogP contribution in [0.1, 0.15) is 16.7 Å². The van der Waals surface area contributed by atoms with Gasteiger partial charge in [-0.15, -0.1) is 0 Å². The van der Waals surface area contributed by atoms with Gasteiger partial charge in [-0.2, -0.15) is 0 Å². The molecular weight excluding hydrogens is 456 g/mol. The highest BCUT2D eigenvalue weighted by Gasteiger charge is 2.19. The molecule has 2 heterocycles. The number of morpholine rings is 1. The number of methoxy groups -OCH3 is 2. The second-order valence-corrected chi connectivity index (χ2v) is 7.78. The molecule has 0 radical (unpaired) electrons. The molecule has 0 bridgehead atoms. The average Bonchev–Trinajstić information content (AvgIpc) is 2.87. The highest BCUT2D eigenvalue weighted by Crippen LogP contribution is 2.32. The van der Waals surface area contributed by atoms with Gasteiger partial charge in [-0.1, -0.05) is 11.8 Å². The molecule has 0 aliphatic carbocycles. The molecule has 10 heteroatoms.